The average Bonchev–Trinajstić information content (AvgIpc) is 2.31. The number of carbonyl (C=O) groups excluding carboxylic acids is 1. The number of hydrogen-bond donors (Lipinski definition) is 2. The lowest BCUT2D eigenvalue weighted by atomic mass is 10.0. The molecule has 2 N–H and O–H groups in total. The maximum absolute atomic E-state index is 12.1. The van der Waals surface area contributed by atoms with Crippen LogP contribution in [-0.4, -0.2) is 47.1 Å². The Morgan fingerprint density at radius 2 is 1.67 bits per heavy atom. The summed E-state index contributed by atoms with van der Waals surface area (Å²) in [6.45, 7) is 11.1. The second kappa shape index (κ2) is 8.08. The average molecular weight is 258 g/mol. The van der Waals surface area contributed by atoms with E-state index in [9.17, 15) is 9.59 Å². The van der Waals surface area contributed by atoms with Crippen molar-refractivity contribution in [3.05, 3.63) is 0 Å². The van der Waals surface area contributed by atoms with Gasteiger partial charge in [-0.3, -0.25) is 9.69 Å². The number of aliphatic carboxylic acids is 1. The lowest BCUT2D eigenvalue weighted by Crippen LogP contribution is -2.52. The van der Waals surface area contributed by atoms with Gasteiger partial charge in [0, 0.05) is 0 Å². The van der Waals surface area contributed by atoms with Crippen LogP contribution in [-0.2, 0) is 9.59 Å². The Morgan fingerprint density at radius 3 is 1.94 bits per heavy atom. The molecule has 0 spiro atoms. The van der Waals surface area contributed by atoms with Gasteiger partial charge in [0.15, 0.2) is 0 Å². The van der Waals surface area contributed by atoms with Crippen LogP contribution in [0, 0.1) is 5.92 Å². The number of nitrogens with zero attached hydrogens (tertiary/aromatic N) is 1. The van der Waals surface area contributed by atoms with Gasteiger partial charge >= 0.3 is 5.97 Å². The monoisotopic (exact) mass is 258 g/mol. The van der Waals surface area contributed by atoms with E-state index in [2.05, 4.69) is 5.32 Å². The predicted molar refractivity (Wildman–Crippen MR) is 71.4 cm³/mol. The topological polar surface area (TPSA) is 69.6 Å². The zero-order valence-corrected chi connectivity index (χ0v) is 12.1. The summed E-state index contributed by atoms with van der Waals surface area (Å²) in [6.07, 6.45) is 0.679. The molecule has 0 fully saturated rings. The lowest BCUT2D eigenvalue weighted by molar-refractivity contribution is -0.144. The fourth-order valence-electron chi connectivity index (χ4n) is 2.04. The molecule has 0 aromatic heterocycles. The van der Waals surface area contributed by atoms with E-state index in [0.29, 0.717) is 6.42 Å². The Bertz CT molecular complexity index is 275. The highest BCUT2D eigenvalue weighted by Gasteiger charge is 2.28. The normalized spacial score (nSPS) is 14.6. The largest absolute Gasteiger partial charge is 0.480 e. The lowest BCUT2D eigenvalue weighted by Gasteiger charge is -2.29. The number of carboxylic acid groups (broad SMARTS) is 1. The van der Waals surface area contributed by atoms with E-state index in [1.165, 1.54) is 0 Å². The molecule has 106 valence electrons. The van der Waals surface area contributed by atoms with E-state index >= 15 is 0 Å². The van der Waals surface area contributed by atoms with Gasteiger partial charge in [0.25, 0.3) is 0 Å². The van der Waals surface area contributed by atoms with Gasteiger partial charge in [-0.2, -0.15) is 0 Å². The van der Waals surface area contributed by atoms with Crippen LogP contribution in [0.3, 0.4) is 0 Å². The van der Waals surface area contributed by atoms with Gasteiger partial charge in [-0.15, -0.1) is 0 Å². The summed E-state index contributed by atoms with van der Waals surface area (Å²) in [5, 5.41) is 11.7. The summed E-state index contributed by atoms with van der Waals surface area (Å²) in [4.78, 5) is 25.2. The molecule has 18 heavy (non-hydrogen) atoms. The summed E-state index contributed by atoms with van der Waals surface area (Å²) in [6, 6.07) is -1.07. The van der Waals surface area contributed by atoms with Gasteiger partial charge in [-0.25, -0.2) is 4.79 Å². The van der Waals surface area contributed by atoms with E-state index < -0.39 is 12.0 Å². The molecule has 0 aliphatic heterocycles. The van der Waals surface area contributed by atoms with Gasteiger partial charge in [0.1, 0.15) is 6.04 Å². The van der Waals surface area contributed by atoms with Crippen LogP contribution in [0.25, 0.3) is 0 Å². The summed E-state index contributed by atoms with van der Waals surface area (Å²) >= 11 is 0. The fourth-order valence-corrected chi connectivity index (χ4v) is 2.04. The minimum Gasteiger partial charge on any atom is -0.480 e. The van der Waals surface area contributed by atoms with Crippen LogP contribution in [0.2, 0.25) is 0 Å². The Hall–Kier alpha value is -1.10. The molecule has 0 rings (SSSR count). The third-order valence-electron chi connectivity index (χ3n) is 3.17. The zero-order chi connectivity index (χ0) is 14.3. The molecule has 0 aromatic rings. The molecule has 0 bridgehead atoms. The number of likely N-dealkylation sites (N-methyl/N-ethyl adjacent to an activating group) is 1. The highest BCUT2D eigenvalue weighted by molar-refractivity contribution is 5.87. The molecule has 0 aromatic carbocycles. The van der Waals surface area contributed by atoms with Crippen LogP contribution in [0.4, 0.5) is 0 Å². The van der Waals surface area contributed by atoms with E-state index in [1.54, 1.807) is 13.8 Å². The predicted octanol–water partition coefficient (Wildman–Crippen LogP) is 1.33. The first-order valence-corrected chi connectivity index (χ1v) is 6.66. The van der Waals surface area contributed by atoms with Crippen LogP contribution < -0.4 is 5.32 Å². The maximum atomic E-state index is 12.1. The van der Waals surface area contributed by atoms with E-state index in [1.807, 2.05) is 25.7 Å². The molecule has 5 nitrogen and oxygen atoms in total. The molecule has 0 aliphatic carbocycles. The molecular formula is C13H26N2O3. The number of carboxylic acids is 1. The molecule has 1 amide bonds. The Morgan fingerprint density at radius 1 is 1.17 bits per heavy atom. The second-order valence-corrected chi connectivity index (χ2v) is 4.71. The number of hydrogen-bond acceptors (Lipinski definition) is 3. The summed E-state index contributed by atoms with van der Waals surface area (Å²) in [5.74, 6) is -1.30. The molecule has 0 aliphatic rings. The molecule has 0 saturated carbocycles. The van der Waals surface area contributed by atoms with Gasteiger partial charge in [-0.1, -0.05) is 34.6 Å². The van der Waals surface area contributed by atoms with Gasteiger partial charge < -0.3 is 10.4 Å². The molecule has 2 atom stereocenters. The summed E-state index contributed by atoms with van der Waals surface area (Å²) in [7, 11) is 0. The van der Waals surface area contributed by atoms with Crippen molar-refractivity contribution in [2.45, 2.75) is 53.1 Å². The van der Waals surface area contributed by atoms with E-state index in [0.717, 1.165) is 13.1 Å². The summed E-state index contributed by atoms with van der Waals surface area (Å²) < 4.78 is 0. The molecule has 0 radical (unpaired) electrons. The van der Waals surface area contributed by atoms with Crippen molar-refractivity contribution in [1.82, 2.24) is 10.2 Å². The first kappa shape index (κ1) is 16.9. The highest BCUT2D eigenvalue weighted by Crippen LogP contribution is 2.07. The molecular weight excluding hydrogens is 232 g/mol. The van der Waals surface area contributed by atoms with Crippen molar-refractivity contribution < 1.29 is 14.7 Å². The number of carbonyl (C=O) groups is 2. The standard InChI is InChI=1S/C13H26N2O3/c1-6-10(15(7-2)8-3)12(16)14-11(9(4)5)13(17)18/h9-11H,6-8H2,1-5H3,(H,14,16)(H,17,18)/t10?,11-/m1/s1. The van der Waals surface area contributed by atoms with E-state index in [4.69, 9.17) is 5.11 Å². The SMILES string of the molecule is CCC(C(=O)N[C@@H](C(=O)O)C(C)C)N(CC)CC. The van der Waals surface area contributed by atoms with E-state index in [-0.39, 0.29) is 17.9 Å². The van der Waals surface area contributed by atoms with Crippen molar-refractivity contribution >= 4 is 11.9 Å². The van der Waals surface area contributed by atoms with Gasteiger partial charge in [0.2, 0.25) is 5.91 Å². The quantitative estimate of drug-likeness (QED) is 0.689. The summed E-state index contributed by atoms with van der Waals surface area (Å²) in [5.41, 5.74) is 0. The first-order chi connectivity index (χ1) is 8.38. The molecule has 0 saturated heterocycles. The van der Waals surface area contributed by atoms with Crippen molar-refractivity contribution in [3.63, 3.8) is 0 Å². The van der Waals surface area contributed by atoms with Crippen LogP contribution in [0.1, 0.15) is 41.0 Å². The van der Waals surface area contributed by atoms with Crippen molar-refractivity contribution in [1.29, 1.82) is 0 Å². The zero-order valence-electron chi connectivity index (χ0n) is 12.1. The minimum absolute atomic E-state index is 0.124. The van der Waals surface area contributed by atoms with Crippen molar-refractivity contribution in [3.8, 4) is 0 Å². The van der Waals surface area contributed by atoms with Gasteiger partial charge in [0.05, 0.1) is 6.04 Å². The minimum atomic E-state index is -0.979. The third kappa shape index (κ3) is 4.64. The van der Waals surface area contributed by atoms with Crippen LogP contribution >= 0.6 is 0 Å². The smallest absolute Gasteiger partial charge is 0.326 e. The van der Waals surface area contributed by atoms with Crippen LogP contribution in [0.5, 0.6) is 0 Å². The first-order valence-electron chi connectivity index (χ1n) is 6.66. The van der Waals surface area contributed by atoms with Crippen molar-refractivity contribution in [2.75, 3.05) is 13.1 Å². The molecule has 5 heteroatoms. The molecule has 0 heterocycles. The number of rotatable bonds is 8. The Balaban J connectivity index is 4.74. The second-order valence-electron chi connectivity index (χ2n) is 4.71. The number of nitrogens with one attached hydrogen (secondary N) is 1. The number of amides is 1. The van der Waals surface area contributed by atoms with Gasteiger partial charge in [-0.05, 0) is 25.4 Å². The fraction of sp³-hybridized carbons (Fsp3) is 0.846. The maximum Gasteiger partial charge on any atom is 0.326 e. The Kier molecular flexibility index (Phi) is 7.59. The molecule has 1 unspecified atom stereocenters. The highest BCUT2D eigenvalue weighted by atomic mass is 16.4. The third-order valence-corrected chi connectivity index (χ3v) is 3.17. The van der Waals surface area contributed by atoms with Crippen LogP contribution in [0.15, 0.2) is 0 Å². The van der Waals surface area contributed by atoms with Crippen molar-refractivity contribution in [2.24, 2.45) is 5.92 Å². The Labute approximate surface area is 110 Å².